The molecule has 5 nitrogen and oxygen atoms in total. The van der Waals surface area contributed by atoms with Crippen molar-refractivity contribution in [1.29, 1.82) is 0 Å². The number of halogens is 2. The zero-order chi connectivity index (χ0) is 13.0. The van der Waals surface area contributed by atoms with E-state index in [0.29, 0.717) is 0 Å². The SMILES string of the molecule is O=c1[nH]c(OCC(F)F)nn1Cc1ccccc1. The molecule has 0 aliphatic carbocycles. The Morgan fingerprint density at radius 3 is 2.72 bits per heavy atom. The Labute approximate surface area is 101 Å². The predicted molar refractivity (Wildman–Crippen MR) is 59.9 cm³/mol. The van der Waals surface area contributed by atoms with Crippen LogP contribution in [-0.4, -0.2) is 27.8 Å². The minimum absolute atomic E-state index is 0.198. The number of aromatic amines is 1. The Balaban J connectivity index is 2.08. The van der Waals surface area contributed by atoms with Crippen LogP contribution in [0.5, 0.6) is 6.01 Å². The Kier molecular flexibility index (Phi) is 3.71. The van der Waals surface area contributed by atoms with E-state index in [9.17, 15) is 13.6 Å². The number of hydrogen-bond acceptors (Lipinski definition) is 3. The van der Waals surface area contributed by atoms with Crippen LogP contribution in [0.15, 0.2) is 35.1 Å². The van der Waals surface area contributed by atoms with Gasteiger partial charge >= 0.3 is 11.7 Å². The van der Waals surface area contributed by atoms with Gasteiger partial charge in [0.2, 0.25) is 0 Å². The summed E-state index contributed by atoms with van der Waals surface area (Å²) < 4.78 is 29.6. The van der Waals surface area contributed by atoms with Crippen LogP contribution in [-0.2, 0) is 6.54 Å². The van der Waals surface area contributed by atoms with Gasteiger partial charge in [0.15, 0.2) is 6.61 Å². The lowest BCUT2D eigenvalue weighted by Crippen LogP contribution is -2.18. The Bertz CT molecular complexity index is 551. The average Bonchev–Trinajstić information content (AvgIpc) is 2.69. The van der Waals surface area contributed by atoms with Crippen molar-refractivity contribution < 1.29 is 13.5 Å². The molecular weight excluding hydrogens is 244 g/mol. The van der Waals surface area contributed by atoms with Crippen molar-refractivity contribution in [3.63, 3.8) is 0 Å². The molecule has 0 spiro atoms. The highest BCUT2D eigenvalue weighted by Crippen LogP contribution is 2.03. The second kappa shape index (κ2) is 5.44. The summed E-state index contributed by atoms with van der Waals surface area (Å²) in [5.74, 6) is 0. The van der Waals surface area contributed by atoms with Crippen molar-refractivity contribution in [3.8, 4) is 6.01 Å². The molecule has 0 amide bonds. The summed E-state index contributed by atoms with van der Waals surface area (Å²) in [6, 6.07) is 8.99. The highest BCUT2D eigenvalue weighted by atomic mass is 19.3. The molecule has 0 fully saturated rings. The minimum Gasteiger partial charge on any atom is -0.458 e. The molecule has 96 valence electrons. The van der Waals surface area contributed by atoms with Crippen LogP contribution in [0.3, 0.4) is 0 Å². The quantitative estimate of drug-likeness (QED) is 0.875. The standard InChI is InChI=1S/C11H11F2N3O2/c12-9(13)7-18-10-14-11(17)16(15-10)6-8-4-2-1-3-5-8/h1-5,9H,6-7H2,(H,14,15,17). The summed E-state index contributed by atoms with van der Waals surface area (Å²) >= 11 is 0. The first-order valence-electron chi connectivity index (χ1n) is 5.27. The van der Waals surface area contributed by atoms with Crippen LogP contribution in [0.4, 0.5) is 8.78 Å². The summed E-state index contributed by atoms with van der Waals surface area (Å²) in [7, 11) is 0. The lowest BCUT2D eigenvalue weighted by molar-refractivity contribution is 0.0769. The van der Waals surface area contributed by atoms with E-state index in [0.717, 1.165) is 10.2 Å². The Morgan fingerprint density at radius 1 is 1.33 bits per heavy atom. The molecule has 0 aliphatic rings. The number of aromatic nitrogens is 3. The maximum absolute atomic E-state index is 11.9. The maximum Gasteiger partial charge on any atom is 0.346 e. The number of H-pyrrole nitrogens is 1. The first-order valence-corrected chi connectivity index (χ1v) is 5.27. The second-order valence-corrected chi connectivity index (χ2v) is 3.58. The number of ether oxygens (including phenoxy) is 1. The Morgan fingerprint density at radius 2 is 2.06 bits per heavy atom. The molecular formula is C11H11F2N3O2. The zero-order valence-corrected chi connectivity index (χ0v) is 9.35. The number of nitrogens with one attached hydrogen (secondary N) is 1. The number of alkyl halides is 2. The third-order valence-corrected chi connectivity index (χ3v) is 2.18. The van der Waals surface area contributed by atoms with E-state index >= 15 is 0 Å². The molecule has 18 heavy (non-hydrogen) atoms. The monoisotopic (exact) mass is 255 g/mol. The smallest absolute Gasteiger partial charge is 0.346 e. The lowest BCUT2D eigenvalue weighted by atomic mass is 10.2. The molecule has 0 atom stereocenters. The van der Waals surface area contributed by atoms with Crippen LogP contribution in [0.25, 0.3) is 0 Å². The molecule has 2 aromatic rings. The fourth-order valence-electron chi connectivity index (χ4n) is 1.41. The van der Waals surface area contributed by atoms with Gasteiger partial charge in [-0.05, 0) is 5.56 Å². The van der Waals surface area contributed by atoms with E-state index in [2.05, 4.69) is 14.8 Å². The largest absolute Gasteiger partial charge is 0.458 e. The fourth-order valence-corrected chi connectivity index (χ4v) is 1.41. The van der Waals surface area contributed by atoms with Crippen molar-refractivity contribution in [3.05, 3.63) is 46.4 Å². The molecule has 0 radical (unpaired) electrons. The topological polar surface area (TPSA) is 59.9 Å². The second-order valence-electron chi connectivity index (χ2n) is 3.58. The van der Waals surface area contributed by atoms with Crippen molar-refractivity contribution in [2.24, 2.45) is 0 Å². The van der Waals surface area contributed by atoms with Crippen molar-refractivity contribution in [2.45, 2.75) is 13.0 Å². The van der Waals surface area contributed by atoms with Gasteiger partial charge in [-0.15, -0.1) is 5.10 Å². The van der Waals surface area contributed by atoms with Gasteiger partial charge in [-0.1, -0.05) is 30.3 Å². The first-order chi connectivity index (χ1) is 8.65. The summed E-state index contributed by atoms with van der Waals surface area (Å²) in [6.45, 7) is -0.535. The van der Waals surface area contributed by atoms with E-state index < -0.39 is 18.7 Å². The highest BCUT2D eigenvalue weighted by Gasteiger charge is 2.09. The van der Waals surface area contributed by atoms with Gasteiger partial charge < -0.3 is 4.74 Å². The van der Waals surface area contributed by atoms with Gasteiger partial charge in [0, 0.05) is 0 Å². The molecule has 0 aliphatic heterocycles. The summed E-state index contributed by atoms with van der Waals surface area (Å²) in [6.07, 6.45) is -2.60. The van der Waals surface area contributed by atoms with Crippen LogP contribution >= 0.6 is 0 Å². The number of hydrogen-bond donors (Lipinski definition) is 1. The van der Waals surface area contributed by atoms with Gasteiger partial charge in [-0.3, -0.25) is 4.98 Å². The lowest BCUT2D eigenvalue weighted by Gasteiger charge is -2.00. The summed E-state index contributed by atoms with van der Waals surface area (Å²) in [4.78, 5) is 13.7. The third-order valence-electron chi connectivity index (χ3n) is 2.18. The van der Waals surface area contributed by atoms with Crippen molar-refractivity contribution in [1.82, 2.24) is 14.8 Å². The fraction of sp³-hybridized carbons (Fsp3) is 0.273. The number of rotatable bonds is 5. The molecule has 1 heterocycles. The van der Waals surface area contributed by atoms with E-state index in [1.807, 2.05) is 30.3 Å². The van der Waals surface area contributed by atoms with Gasteiger partial charge in [-0.25, -0.2) is 18.3 Å². The zero-order valence-electron chi connectivity index (χ0n) is 9.35. The minimum atomic E-state index is -2.60. The van der Waals surface area contributed by atoms with Crippen LogP contribution in [0.1, 0.15) is 5.56 Å². The van der Waals surface area contributed by atoms with E-state index in [1.165, 1.54) is 0 Å². The molecule has 1 aromatic heterocycles. The van der Waals surface area contributed by atoms with Gasteiger partial charge in [0.05, 0.1) is 6.54 Å². The molecule has 0 saturated carbocycles. The molecule has 0 saturated heterocycles. The van der Waals surface area contributed by atoms with Crippen LogP contribution in [0.2, 0.25) is 0 Å². The van der Waals surface area contributed by atoms with Crippen LogP contribution in [0, 0.1) is 0 Å². The first kappa shape index (κ1) is 12.3. The third kappa shape index (κ3) is 3.16. The van der Waals surface area contributed by atoms with Crippen molar-refractivity contribution in [2.75, 3.05) is 6.61 Å². The van der Waals surface area contributed by atoms with Crippen LogP contribution < -0.4 is 10.4 Å². The van der Waals surface area contributed by atoms with E-state index in [4.69, 9.17) is 0 Å². The molecule has 1 aromatic carbocycles. The van der Waals surface area contributed by atoms with E-state index in [1.54, 1.807) is 0 Å². The van der Waals surface area contributed by atoms with E-state index in [-0.39, 0.29) is 12.6 Å². The van der Waals surface area contributed by atoms with Crippen molar-refractivity contribution >= 4 is 0 Å². The van der Waals surface area contributed by atoms with Gasteiger partial charge in [0.25, 0.3) is 6.43 Å². The van der Waals surface area contributed by atoms with Gasteiger partial charge in [0.1, 0.15) is 0 Å². The maximum atomic E-state index is 11.9. The highest BCUT2D eigenvalue weighted by molar-refractivity contribution is 5.14. The summed E-state index contributed by atoms with van der Waals surface area (Å²) in [5.41, 5.74) is 0.384. The normalized spacial score (nSPS) is 10.8. The molecule has 0 bridgehead atoms. The number of benzene rings is 1. The Hall–Kier alpha value is -2.18. The molecule has 0 unspecified atom stereocenters. The molecule has 7 heteroatoms. The number of nitrogens with zero attached hydrogens (tertiary/aromatic N) is 2. The average molecular weight is 255 g/mol. The summed E-state index contributed by atoms with van der Waals surface area (Å²) in [5, 5.41) is 3.77. The van der Waals surface area contributed by atoms with Gasteiger partial charge in [-0.2, -0.15) is 0 Å². The molecule has 1 N–H and O–H groups in total. The predicted octanol–water partition coefficient (Wildman–Crippen LogP) is 1.26. The molecule has 2 rings (SSSR count).